The van der Waals surface area contributed by atoms with E-state index in [2.05, 4.69) is 36.9 Å². The molecule has 2 rings (SSSR count). The Morgan fingerprint density at radius 3 is 2.37 bits per heavy atom. The molecule has 0 saturated heterocycles. The van der Waals surface area contributed by atoms with Crippen molar-refractivity contribution in [2.45, 2.75) is 13.8 Å². The van der Waals surface area contributed by atoms with Crippen molar-refractivity contribution < 1.29 is 0 Å². The Morgan fingerprint density at radius 2 is 1.74 bits per heavy atom. The van der Waals surface area contributed by atoms with Crippen LogP contribution in [0, 0.1) is 19.3 Å². The molecule has 3 heteroatoms. The number of nitrogens with two attached hydrogens (primary N) is 1. The molecule has 0 heterocycles. The van der Waals surface area contributed by atoms with Gasteiger partial charge in [-0.15, -0.1) is 0 Å². The van der Waals surface area contributed by atoms with Gasteiger partial charge in [-0.05, 0) is 37.6 Å². The van der Waals surface area contributed by atoms with Crippen LogP contribution in [-0.4, -0.2) is 12.9 Å². The van der Waals surface area contributed by atoms with Crippen LogP contribution in [0.4, 0.5) is 11.4 Å². The van der Waals surface area contributed by atoms with E-state index in [1.54, 1.807) is 0 Å². The van der Waals surface area contributed by atoms with Crippen LogP contribution in [0.1, 0.15) is 16.7 Å². The van der Waals surface area contributed by atoms with Crippen molar-refractivity contribution in [2.24, 2.45) is 5.73 Å². The van der Waals surface area contributed by atoms with Crippen LogP contribution in [0.5, 0.6) is 0 Å². The van der Waals surface area contributed by atoms with Gasteiger partial charge in [0, 0.05) is 18.3 Å². The minimum absolute atomic E-state index is 0.0900. The lowest BCUT2D eigenvalue weighted by atomic mass is 10.1. The molecule has 0 aliphatic carbocycles. The van der Waals surface area contributed by atoms with E-state index in [-0.39, 0.29) is 5.84 Å². The summed E-state index contributed by atoms with van der Waals surface area (Å²) in [7, 11) is 2.00. The third-order valence-electron chi connectivity index (χ3n) is 3.27. The molecule has 0 aromatic heterocycles. The van der Waals surface area contributed by atoms with Crippen LogP contribution in [0.25, 0.3) is 0 Å². The van der Waals surface area contributed by atoms with Crippen molar-refractivity contribution in [3.8, 4) is 0 Å². The highest BCUT2D eigenvalue weighted by molar-refractivity contribution is 6.01. The second-order valence-corrected chi connectivity index (χ2v) is 4.78. The maximum atomic E-state index is 7.67. The number of amidine groups is 1. The smallest absolute Gasteiger partial charge is 0.124 e. The van der Waals surface area contributed by atoms with Crippen LogP contribution in [0.15, 0.2) is 42.5 Å². The van der Waals surface area contributed by atoms with Gasteiger partial charge in [0.25, 0.3) is 0 Å². The van der Waals surface area contributed by atoms with E-state index in [1.807, 2.05) is 31.3 Å². The molecule has 0 aliphatic heterocycles. The van der Waals surface area contributed by atoms with E-state index < -0.39 is 0 Å². The lowest BCUT2D eigenvalue weighted by Gasteiger charge is -2.24. The van der Waals surface area contributed by atoms with E-state index in [0.717, 1.165) is 16.9 Å². The first-order valence-electron chi connectivity index (χ1n) is 6.25. The summed E-state index contributed by atoms with van der Waals surface area (Å²) in [5.74, 6) is 0.0900. The van der Waals surface area contributed by atoms with Crippen LogP contribution < -0.4 is 10.6 Å². The van der Waals surface area contributed by atoms with Gasteiger partial charge in [0.2, 0.25) is 0 Å². The second kappa shape index (κ2) is 5.14. The van der Waals surface area contributed by atoms with Crippen LogP contribution in [0.2, 0.25) is 0 Å². The predicted octanol–water partition coefficient (Wildman–Crippen LogP) is 3.36. The summed E-state index contributed by atoms with van der Waals surface area (Å²) >= 11 is 0. The Labute approximate surface area is 114 Å². The maximum Gasteiger partial charge on any atom is 0.124 e. The van der Waals surface area contributed by atoms with Gasteiger partial charge in [-0.1, -0.05) is 29.8 Å². The highest BCUT2D eigenvalue weighted by Gasteiger charge is 2.12. The predicted molar refractivity (Wildman–Crippen MR) is 81.4 cm³/mol. The molecule has 0 aliphatic rings. The zero-order valence-electron chi connectivity index (χ0n) is 11.6. The van der Waals surface area contributed by atoms with E-state index in [0.29, 0.717) is 0 Å². The van der Waals surface area contributed by atoms with Gasteiger partial charge >= 0.3 is 0 Å². The van der Waals surface area contributed by atoms with Gasteiger partial charge in [0.05, 0.1) is 5.69 Å². The third kappa shape index (κ3) is 2.60. The summed E-state index contributed by atoms with van der Waals surface area (Å²) in [6.45, 7) is 4.18. The molecule has 0 bridgehead atoms. The number of nitrogens with zero attached hydrogens (tertiary/aromatic N) is 1. The number of rotatable bonds is 3. The van der Waals surface area contributed by atoms with E-state index >= 15 is 0 Å². The molecular formula is C16H19N3. The zero-order chi connectivity index (χ0) is 14.0. The first kappa shape index (κ1) is 13.1. The molecule has 0 saturated carbocycles. The lowest BCUT2D eigenvalue weighted by Crippen LogP contribution is -2.19. The number of nitrogen functional groups attached to an aromatic ring is 1. The second-order valence-electron chi connectivity index (χ2n) is 4.78. The largest absolute Gasteiger partial charge is 0.384 e. The summed E-state index contributed by atoms with van der Waals surface area (Å²) in [5, 5.41) is 7.67. The molecule has 0 unspecified atom stereocenters. The minimum Gasteiger partial charge on any atom is -0.384 e. The van der Waals surface area contributed by atoms with Crippen molar-refractivity contribution in [3.05, 3.63) is 59.2 Å². The van der Waals surface area contributed by atoms with Crippen LogP contribution in [-0.2, 0) is 0 Å². The molecule has 0 amide bonds. The summed E-state index contributed by atoms with van der Waals surface area (Å²) in [6, 6.07) is 14.1. The van der Waals surface area contributed by atoms with E-state index in [9.17, 15) is 0 Å². The van der Waals surface area contributed by atoms with Crippen LogP contribution >= 0.6 is 0 Å². The fourth-order valence-electron chi connectivity index (χ4n) is 2.31. The van der Waals surface area contributed by atoms with Gasteiger partial charge in [0.15, 0.2) is 0 Å². The standard InChI is InChI=1S/C16H19N3/c1-11-8-9-14(12(2)10-11)19(3)15-7-5-4-6-13(15)16(17)18/h4-10H,1-3H3,(H3,17,18). The number of nitrogens with one attached hydrogen (secondary N) is 1. The average Bonchev–Trinajstić information content (AvgIpc) is 2.38. The highest BCUT2D eigenvalue weighted by Crippen LogP contribution is 2.29. The highest BCUT2D eigenvalue weighted by atomic mass is 15.1. The van der Waals surface area contributed by atoms with Crippen LogP contribution in [0.3, 0.4) is 0 Å². The fourth-order valence-corrected chi connectivity index (χ4v) is 2.31. The van der Waals surface area contributed by atoms with Crippen molar-refractivity contribution in [1.29, 1.82) is 5.41 Å². The monoisotopic (exact) mass is 253 g/mol. The Balaban J connectivity index is 2.50. The van der Waals surface area contributed by atoms with Gasteiger partial charge < -0.3 is 10.6 Å². The number of para-hydroxylation sites is 1. The molecule has 0 atom stereocenters. The fraction of sp³-hybridized carbons (Fsp3) is 0.188. The molecule has 0 fully saturated rings. The first-order valence-corrected chi connectivity index (χ1v) is 6.25. The molecule has 2 aromatic carbocycles. The Morgan fingerprint density at radius 1 is 1.05 bits per heavy atom. The normalized spacial score (nSPS) is 10.3. The number of aryl methyl sites for hydroxylation is 2. The molecule has 19 heavy (non-hydrogen) atoms. The zero-order valence-corrected chi connectivity index (χ0v) is 11.6. The molecule has 2 aromatic rings. The molecule has 0 spiro atoms. The third-order valence-corrected chi connectivity index (χ3v) is 3.27. The minimum atomic E-state index is 0.0900. The van der Waals surface area contributed by atoms with Gasteiger partial charge in [-0.25, -0.2) is 0 Å². The van der Waals surface area contributed by atoms with Crippen molar-refractivity contribution in [1.82, 2.24) is 0 Å². The first-order chi connectivity index (χ1) is 9.00. The summed E-state index contributed by atoms with van der Waals surface area (Å²) in [5.41, 5.74) is 10.9. The number of hydrogen-bond acceptors (Lipinski definition) is 2. The van der Waals surface area contributed by atoms with Crippen molar-refractivity contribution in [2.75, 3.05) is 11.9 Å². The Kier molecular flexibility index (Phi) is 3.56. The van der Waals surface area contributed by atoms with E-state index in [1.165, 1.54) is 11.1 Å². The van der Waals surface area contributed by atoms with Gasteiger partial charge in [0.1, 0.15) is 5.84 Å². The molecule has 98 valence electrons. The topological polar surface area (TPSA) is 53.1 Å². The Bertz CT molecular complexity index is 617. The van der Waals surface area contributed by atoms with Gasteiger partial charge in [-0.2, -0.15) is 0 Å². The molecule has 0 radical (unpaired) electrons. The quantitative estimate of drug-likeness (QED) is 0.651. The number of benzene rings is 2. The Hall–Kier alpha value is -2.29. The van der Waals surface area contributed by atoms with Crippen molar-refractivity contribution >= 4 is 17.2 Å². The summed E-state index contributed by atoms with van der Waals surface area (Å²) in [4.78, 5) is 2.07. The maximum absolute atomic E-state index is 7.67. The summed E-state index contributed by atoms with van der Waals surface area (Å²) < 4.78 is 0. The molecule has 3 nitrogen and oxygen atoms in total. The molecule has 3 N–H and O–H groups in total. The average molecular weight is 253 g/mol. The SMILES string of the molecule is Cc1ccc(N(C)c2ccccc2C(=N)N)c(C)c1. The summed E-state index contributed by atoms with van der Waals surface area (Å²) in [6.07, 6.45) is 0. The number of hydrogen-bond donors (Lipinski definition) is 2. The van der Waals surface area contributed by atoms with E-state index in [4.69, 9.17) is 11.1 Å². The number of anilines is 2. The molecular weight excluding hydrogens is 234 g/mol. The van der Waals surface area contributed by atoms with Gasteiger partial charge in [-0.3, -0.25) is 5.41 Å². The lowest BCUT2D eigenvalue weighted by molar-refractivity contribution is 1.17. The van der Waals surface area contributed by atoms with Crippen molar-refractivity contribution in [3.63, 3.8) is 0 Å².